The van der Waals surface area contributed by atoms with Gasteiger partial charge >= 0.3 is 5.97 Å². The molecule has 0 aliphatic carbocycles. The van der Waals surface area contributed by atoms with E-state index in [1.54, 1.807) is 11.9 Å². The molecule has 0 bridgehead atoms. The molecule has 4 aliphatic rings. The van der Waals surface area contributed by atoms with E-state index in [4.69, 9.17) is 5.73 Å². The number of aliphatic hydroxyl groups excluding tert-OH is 1. The maximum atomic E-state index is 13.1. The summed E-state index contributed by atoms with van der Waals surface area (Å²) in [5.74, 6) is -2.16. The van der Waals surface area contributed by atoms with Gasteiger partial charge in [-0.2, -0.15) is 0 Å². The number of nitrogens with zero attached hydrogens (tertiary/aromatic N) is 2. The lowest BCUT2D eigenvalue weighted by Crippen LogP contribution is -2.62. The minimum atomic E-state index is -1.13. The molecule has 0 unspecified atom stereocenters. The third-order valence-electron chi connectivity index (χ3n) is 7.95. The molecule has 3 saturated heterocycles. The molecule has 12 heteroatoms. The Morgan fingerprint density at radius 2 is 2.03 bits per heavy atom. The van der Waals surface area contributed by atoms with E-state index in [0.717, 1.165) is 0 Å². The first-order valence-corrected chi connectivity index (χ1v) is 13.5. The first-order chi connectivity index (χ1) is 17.1. The molecule has 4 aliphatic heterocycles. The Balaban J connectivity index is 1.43. The topological polar surface area (TPSA) is 165 Å². The standard InChI is InChI=1S/C24H37N5O6S/c1-11(4-15(31)7-26-3)18-19-12(2)21(20(24(34)35)29(19)23(18)33)36-16-6-17(27-8-16)22(32)28-9-13(25)5-14(28)10-30/h11-14,16-19,26-27,30H,4-10,25H2,1-3H3,(H,34,35)/t11-,12+,13-,14-,16-,17-,18+,19+/m0/s1. The van der Waals surface area contributed by atoms with Crippen molar-refractivity contribution in [3.63, 3.8) is 0 Å². The second kappa shape index (κ2) is 10.8. The highest BCUT2D eigenvalue weighted by molar-refractivity contribution is 8.03. The molecular formula is C24H37N5O6S. The highest BCUT2D eigenvalue weighted by Crippen LogP contribution is 2.53. The number of hydrogen-bond acceptors (Lipinski definition) is 9. The summed E-state index contributed by atoms with van der Waals surface area (Å²) in [4.78, 5) is 54.2. The monoisotopic (exact) mass is 523 g/mol. The van der Waals surface area contributed by atoms with Crippen LogP contribution in [-0.2, 0) is 19.2 Å². The van der Waals surface area contributed by atoms with Gasteiger partial charge in [-0.25, -0.2) is 4.79 Å². The van der Waals surface area contributed by atoms with Crippen LogP contribution in [0.4, 0.5) is 0 Å². The molecule has 6 N–H and O–H groups in total. The van der Waals surface area contributed by atoms with Gasteiger partial charge in [-0.3, -0.25) is 14.4 Å². The number of thioether (sulfide) groups is 1. The minimum Gasteiger partial charge on any atom is -0.477 e. The summed E-state index contributed by atoms with van der Waals surface area (Å²) in [6, 6.07) is -1.11. The molecule has 36 heavy (non-hydrogen) atoms. The average molecular weight is 524 g/mol. The molecule has 2 amide bonds. The summed E-state index contributed by atoms with van der Waals surface area (Å²) in [6.07, 6.45) is 1.36. The molecule has 11 nitrogen and oxygen atoms in total. The van der Waals surface area contributed by atoms with Gasteiger partial charge in [0.25, 0.3) is 0 Å². The maximum absolute atomic E-state index is 13.1. The van der Waals surface area contributed by atoms with Gasteiger partial charge < -0.3 is 36.4 Å². The van der Waals surface area contributed by atoms with Crippen molar-refractivity contribution in [2.45, 2.75) is 62.5 Å². The van der Waals surface area contributed by atoms with Crippen LogP contribution in [0.1, 0.15) is 33.1 Å². The number of carboxylic acid groups (broad SMARTS) is 1. The van der Waals surface area contributed by atoms with Crippen molar-refractivity contribution in [2.24, 2.45) is 23.5 Å². The second-order valence-electron chi connectivity index (χ2n) is 10.5. The number of carbonyl (C=O) groups is 4. The third-order valence-corrected chi connectivity index (χ3v) is 9.46. The van der Waals surface area contributed by atoms with Gasteiger partial charge in [0.1, 0.15) is 11.5 Å². The largest absolute Gasteiger partial charge is 0.477 e. The average Bonchev–Trinajstić information content (AvgIpc) is 3.49. The molecule has 4 heterocycles. The molecule has 0 aromatic rings. The van der Waals surface area contributed by atoms with Gasteiger partial charge in [0.2, 0.25) is 11.8 Å². The van der Waals surface area contributed by atoms with Crippen LogP contribution in [0.15, 0.2) is 10.6 Å². The van der Waals surface area contributed by atoms with Crippen LogP contribution in [0, 0.1) is 17.8 Å². The van der Waals surface area contributed by atoms with Crippen LogP contribution in [0.25, 0.3) is 0 Å². The molecule has 3 fully saturated rings. The van der Waals surface area contributed by atoms with Gasteiger partial charge in [-0.15, -0.1) is 11.8 Å². The van der Waals surface area contributed by atoms with E-state index in [2.05, 4.69) is 10.6 Å². The molecule has 200 valence electrons. The van der Waals surface area contributed by atoms with Gasteiger partial charge in [0.05, 0.1) is 37.2 Å². The third kappa shape index (κ3) is 4.81. The van der Waals surface area contributed by atoms with E-state index in [1.165, 1.54) is 16.7 Å². The summed E-state index contributed by atoms with van der Waals surface area (Å²) in [5, 5.41) is 25.7. The molecule has 0 spiro atoms. The highest BCUT2D eigenvalue weighted by Gasteiger charge is 2.60. The van der Waals surface area contributed by atoms with Crippen molar-refractivity contribution >= 4 is 35.3 Å². The fourth-order valence-corrected chi connectivity index (χ4v) is 7.76. The number of likely N-dealkylation sites (tertiary alicyclic amines) is 1. The SMILES string of the molecule is CNCC(=O)C[C@H](C)[C@H]1C(=O)N2C(C(=O)O)=C(S[C@@H]3CN[C@H](C(=O)N4C[C@@H](N)C[C@H]4CO)C3)[C@H](C)[C@H]12. The summed E-state index contributed by atoms with van der Waals surface area (Å²) in [7, 11) is 1.70. The number of nitrogens with two attached hydrogens (primary N) is 1. The number of amides is 2. The Morgan fingerprint density at radius 3 is 2.67 bits per heavy atom. The number of carbonyl (C=O) groups excluding carboxylic acids is 3. The van der Waals surface area contributed by atoms with Crippen molar-refractivity contribution in [3.8, 4) is 0 Å². The van der Waals surface area contributed by atoms with Crippen LogP contribution >= 0.6 is 11.8 Å². The molecule has 8 atom stereocenters. The summed E-state index contributed by atoms with van der Waals surface area (Å²) in [5.41, 5.74) is 6.03. The number of fused-ring (bicyclic) bond motifs is 1. The van der Waals surface area contributed by atoms with E-state index >= 15 is 0 Å². The van der Waals surface area contributed by atoms with E-state index < -0.39 is 12.0 Å². The molecule has 0 radical (unpaired) electrons. The molecule has 0 saturated carbocycles. The van der Waals surface area contributed by atoms with Crippen molar-refractivity contribution in [1.82, 2.24) is 20.4 Å². The van der Waals surface area contributed by atoms with Gasteiger partial charge in [-0.05, 0) is 25.8 Å². The van der Waals surface area contributed by atoms with Gasteiger partial charge in [0, 0.05) is 41.6 Å². The van der Waals surface area contributed by atoms with Crippen molar-refractivity contribution in [2.75, 3.05) is 33.3 Å². The van der Waals surface area contributed by atoms with Crippen molar-refractivity contribution in [1.29, 1.82) is 0 Å². The number of likely N-dealkylation sites (N-methyl/N-ethyl adjacent to an activating group) is 1. The quantitative estimate of drug-likeness (QED) is 0.223. The predicted molar refractivity (Wildman–Crippen MR) is 134 cm³/mol. The lowest BCUT2D eigenvalue weighted by molar-refractivity contribution is -0.160. The molecule has 0 aromatic heterocycles. The Hall–Kier alpha value is -1.99. The Bertz CT molecular complexity index is 959. The number of Topliss-reactive ketones (excluding diaryl/α,β-unsaturated/α-hetero) is 1. The fourth-order valence-electron chi connectivity index (χ4n) is 6.28. The number of β-lactam (4-membered cyclic amide) rings is 1. The molecular weight excluding hydrogens is 486 g/mol. The normalized spacial score (nSPS) is 34.7. The first-order valence-electron chi connectivity index (χ1n) is 12.6. The lowest BCUT2D eigenvalue weighted by atomic mass is 9.73. The number of aliphatic hydroxyl groups is 1. The molecule has 4 rings (SSSR count). The van der Waals surface area contributed by atoms with Crippen molar-refractivity contribution in [3.05, 3.63) is 10.6 Å². The summed E-state index contributed by atoms with van der Waals surface area (Å²) < 4.78 is 0. The first kappa shape index (κ1) is 27.1. The number of ketones is 1. The van der Waals surface area contributed by atoms with Crippen LogP contribution in [0.2, 0.25) is 0 Å². The Labute approximate surface area is 215 Å². The number of rotatable bonds is 10. The van der Waals surface area contributed by atoms with Crippen LogP contribution in [0.5, 0.6) is 0 Å². The van der Waals surface area contributed by atoms with E-state index in [9.17, 15) is 29.4 Å². The zero-order valence-corrected chi connectivity index (χ0v) is 21.8. The highest BCUT2D eigenvalue weighted by atomic mass is 32.2. The number of hydrogen-bond donors (Lipinski definition) is 5. The smallest absolute Gasteiger partial charge is 0.353 e. The zero-order chi connectivity index (χ0) is 26.3. The second-order valence-corrected chi connectivity index (χ2v) is 11.9. The number of carboxylic acids is 1. The van der Waals surface area contributed by atoms with Crippen LogP contribution < -0.4 is 16.4 Å². The molecule has 0 aromatic carbocycles. The lowest BCUT2D eigenvalue weighted by Gasteiger charge is -2.47. The zero-order valence-electron chi connectivity index (χ0n) is 21.0. The Morgan fingerprint density at radius 1 is 1.31 bits per heavy atom. The van der Waals surface area contributed by atoms with Crippen LogP contribution in [0.3, 0.4) is 0 Å². The van der Waals surface area contributed by atoms with E-state index in [0.29, 0.717) is 30.8 Å². The predicted octanol–water partition coefficient (Wildman–Crippen LogP) is -1.04. The van der Waals surface area contributed by atoms with E-state index in [-0.39, 0.29) is 84.0 Å². The maximum Gasteiger partial charge on any atom is 0.353 e. The van der Waals surface area contributed by atoms with Crippen molar-refractivity contribution < 1.29 is 29.4 Å². The van der Waals surface area contributed by atoms with Gasteiger partial charge in [0.15, 0.2) is 0 Å². The minimum absolute atomic E-state index is 0.0260. The number of nitrogens with one attached hydrogen (secondary N) is 2. The Kier molecular flexibility index (Phi) is 8.10. The van der Waals surface area contributed by atoms with Crippen LogP contribution in [-0.4, -0.2) is 106 Å². The fraction of sp³-hybridized carbons (Fsp3) is 0.750. The number of aliphatic carboxylic acids is 1. The van der Waals surface area contributed by atoms with Gasteiger partial charge in [-0.1, -0.05) is 13.8 Å². The summed E-state index contributed by atoms with van der Waals surface area (Å²) in [6.45, 7) is 4.89. The summed E-state index contributed by atoms with van der Waals surface area (Å²) >= 11 is 1.44. The van der Waals surface area contributed by atoms with E-state index in [1.807, 2.05) is 13.8 Å².